The zero-order chi connectivity index (χ0) is 18.1. The summed E-state index contributed by atoms with van der Waals surface area (Å²) < 4.78 is 0.919. The van der Waals surface area contributed by atoms with Crippen LogP contribution in [0.2, 0.25) is 0 Å². The predicted molar refractivity (Wildman–Crippen MR) is 99.9 cm³/mol. The molecule has 0 unspecified atom stereocenters. The highest BCUT2D eigenvalue weighted by molar-refractivity contribution is 9.10. The third-order valence-corrected chi connectivity index (χ3v) is 5.03. The van der Waals surface area contributed by atoms with E-state index in [1.165, 1.54) is 18.7 Å². The summed E-state index contributed by atoms with van der Waals surface area (Å²) in [6, 6.07) is 14.0. The van der Waals surface area contributed by atoms with Crippen molar-refractivity contribution in [3.8, 4) is 0 Å². The number of ketones is 2. The molecule has 0 N–H and O–H groups in total. The number of halogens is 1. The highest BCUT2D eigenvalue weighted by Crippen LogP contribution is 2.40. The zero-order valence-electron chi connectivity index (χ0n) is 14.0. The van der Waals surface area contributed by atoms with E-state index < -0.39 is 6.04 Å². The monoisotopic (exact) mass is 399 g/mol. The minimum absolute atomic E-state index is 0.0137. The average molecular weight is 400 g/mol. The van der Waals surface area contributed by atoms with Crippen molar-refractivity contribution >= 4 is 39.1 Å². The third kappa shape index (κ3) is 3.29. The van der Waals surface area contributed by atoms with Crippen LogP contribution < -0.4 is 4.90 Å². The van der Waals surface area contributed by atoms with E-state index in [1.54, 1.807) is 18.2 Å². The molecular weight excluding hydrogens is 382 g/mol. The van der Waals surface area contributed by atoms with Gasteiger partial charge in [-0.2, -0.15) is 0 Å². The van der Waals surface area contributed by atoms with Gasteiger partial charge in [0, 0.05) is 29.3 Å². The molecular formula is C20H18BrNO3. The van der Waals surface area contributed by atoms with Crippen LogP contribution in [0, 0.1) is 0 Å². The van der Waals surface area contributed by atoms with Crippen molar-refractivity contribution in [2.75, 3.05) is 4.90 Å². The minimum atomic E-state index is -0.694. The summed E-state index contributed by atoms with van der Waals surface area (Å²) in [5.74, 6) is -0.705. The molecule has 3 rings (SSSR count). The fourth-order valence-corrected chi connectivity index (χ4v) is 3.74. The lowest BCUT2D eigenvalue weighted by Crippen LogP contribution is -2.43. The molecule has 0 bridgehead atoms. The SMILES string of the molecule is CC(=O)C[C@@H](c1ccc(Br)cc1)[C@@H]1C(=O)c2ccccc2N1C(C)=O. The zero-order valence-corrected chi connectivity index (χ0v) is 15.6. The van der Waals surface area contributed by atoms with Gasteiger partial charge in [0.25, 0.3) is 0 Å². The molecule has 5 heteroatoms. The molecule has 2 aromatic carbocycles. The van der Waals surface area contributed by atoms with Crippen LogP contribution in [-0.2, 0) is 9.59 Å². The van der Waals surface area contributed by atoms with Gasteiger partial charge in [-0.3, -0.25) is 9.59 Å². The highest BCUT2D eigenvalue weighted by Gasteiger charge is 2.44. The maximum atomic E-state index is 13.1. The third-order valence-electron chi connectivity index (χ3n) is 4.50. The molecule has 0 radical (unpaired) electrons. The second-order valence-corrected chi connectivity index (χ2v) is 7.20. The molecule has 0 saturated heterocycles. The Kier molecular flexibility index (Phi) is 4.86. The molecule has 0 aromatic heterocycles. The van der Waals surface area contributed by atoms with Gasteiger partial charge in [-0.25, -0.2) is 0 Å². The Balaban J connectivity index is 2.11. The number of anilines is 1. The van der Waals surface area contributed by atoms with Crippen molar-refractivity contribution in [1.82, 2.24) is 0 Å². The number of para-hydroxylation sites is 1. The summed E-state index contributed by atoms with van der Waals surface area (Å²) in [5.41, 5.74) is 2.03. The van der Waals surface area contributed by atoms with Gasteiger partial charge in [0.05, 0.1) is 5.69 Å². The number of amides is 1. The maximum absolute atomic E-state index is 13.1. The Bertz CT molecular complexity index is 844. The van der Waals surface area contributed by atoms with Crippen molar-refractivity contribution < 1.29 is 14.4 Å². The fourth-order valence-electron chi connectivity index (χ4n) is 3.48. The summed E-state index contributed by atoms with van der Waals surface area (Å²) in [7, 11) is 0. The number of hydrogen-bond donors (Lipinski definition) is 0. The lowest BCUT2D eigenvalue weighted by molar-refractivity contribution is -0.119. The van der Waals surface area contributed by atoms with Crippen LogP contribution in [0.15, 0.2) is 53.0 Å². The highest BCUT2D eigenvalue weighted by atomic mass is 79.9. The minimum Gasteiger partial charge on any atom is -0.300 e. The van der Waals surface area contributed by atoms with Crippen LogP contribution in [0.3, 0.4) is 0 Å². The van der Waals surface area contributed by atoms with Crippen molar-refractivity contribution in [3.63, 3.8) is 0 Å². The van der Waals surface area contributed by atoms with Crippen molar-refractivity contribution in [2.24, 2.45) is 0 Å². The second kappa shape index (κ2) is 6.92. The van der Waals surface area contributed by atoms with Crippen molar-refractivity contribution in [3.05, 3.63) is 64.1 Å². The van der Waals surface area contributed by atoms with Crippen LogP contribution >= 0.6 is 15.9 Å². The van der Waals surface area contributed by atoms with Gasteiger partial charge in [-0.15, -0.1) is 0 Å². The fraction of sp³-hybridized carbons (Fsp3) is 0.250. The van der Waals surface area contributed by atoms with Crippen LogP contribution in [0.25, 0.3) is 0 Å². The first-order chi connectivity index (χ1) is 11.9. The Morgan fingerprint density at radius 2 is 1.72 bits per heavy atom. The molecule has 1 heterocycles. The average Bonchev–Trinajstić information content (AvgIpc) is 2.87. The van der Waals surface area contributed by atoms with Crippen LogP contribution in [-0.4, -0.2) is 23.5 Å². The summed E-state index contributed by atoms with van der Waals surface area (Å²) >= 11 is 3.40. The summed E-state index contributed by atoms with van der Waals surface area (Å²) in [5, 5.41) is 0. The molecule has 0 spiro atoms. The number of fused-ring (bicyclic) bond motifs is 1. The number of Topliss-reactive ketones (excluding diaryl/α,β-unsaturated/α-hetero) is 2. The van der Waals surface area contributed by atoms with E-state index in [2.05, 4.69) is 15.9 Å². The Morgan fingerprint density at radius 1 is 1.08 bits per heavy atom. The molecule has 2 aromatic rings. The standard InChI is InChI=1S/C20H18BrNO3/c1-12(23)11-17(14-7-9-15(21)10-8-14)19-20(25)16-5-3-4-6-18(16)22(19)13(2)24/h3-10,17,19H,11H2,1-2H3/t17-,19+/m0/s1. The molecule has 2 atom stereocenters. The van der Waals surface area contributed by atoms with Gasteiger partial charge in [-0.1, -0.05) is 40.2 Å². The summed E-state index contributed by atoms with van der Waals surface area (Å²) in [4.78, 5) is 38.8. The largest absolute Gasteiger partial charge is 0.300 e. The molecule has 0 fully saturated rings. The van der Waals surface area contributed by atoms with E-state index in [0.29, 0.717) is 11.3 Å². The molecule has 25 heavy (non-hydrogen) atoms. The smallest absolute Gasteiger partial charge is 0.224 e. The molecule has 0 saturated carbocycles. The van der Waals surface area contributed by atoms with E-state index in [4.69, 9.17) is 0 Å². The van der Waals surface area contributed by atoms with Crippen molar-refractivity contribution in [2.45, 2.75) is 32.2 Å². The second-order valence-electron chi connectivity index (χ2n) is 6.28. The first-order valence-corrected chi connectivity index (χ1v) is 8.87. The number of nitrogens with zero attached hydrogens (tertiary/aromatic N) is 1. The Hall–Kier alpha value is -2.27. The van der Waals surface area contributed by atoms with Gasteiger partial charge < -0.3 is 9.69 Å². The molecule has 0 aliphatic carbocycles. The Labute approximate surface area is 155 Å². The van der Waals surface area contributed by atoms with Gasteiger partial charge >= 0.3 is 0 Å². The predicted octanol–water partition coefficient (Wildman–Crippen LogP) is 4.13. The molecule has 4 nitrogen and oxygen atoms in total. The lowest BCUT2D eigenvalue weighted by atomic mass is 9.84. The van der Waals surface area contributed by atoms with Gasteiger partial charge in [-0.05, 0) is 36.8 Å². The van der Waals surface area contributed by atoms with Crippen molar-refractivity contribution in [1.29, 1.82) is 0 Å². The number of rotatable bonds is 4. The summed E-state index contributed by atoms with van der Waals surface area (Å²) in [6.07, 6.45) is 0.204. The van der Waals surface area contributed by atoms with Gasteiger partial charge in [0.1, 0.15) is 11.8 Å². The molecule has 1 aliphatic heterocycles. The van der Waals surface area contributed by atoms with Gasteiger partial charge in [0.2, 0.25) is 5.91 Å². The maximum Gasteiger partial charge on any atom is 0.224 e. The van der Waals surface area contributed by atoms with E-state index in [-0.39, 0.29) is 29.8 Å². The number of hydrogen-bond acceptors (Lipinski definition) is 3. The Morgan fingerprint density at radius 3 is 2.32 bits per heavy atom. The lowest BCUT2D eigenvalue weighted by Gasteiger charge is -2.30. The number of benzene rings is 2. The topological polar surface area (TPSA) is 54.5 Å². The van der Waals surface area contributed by atoms with Gasteiger partial charge in [0.15, 0.2) is 5.78 Å². The quantitative estimate of drug-likeness (QED) is 0.776. The van der Waals surface area contributed by atoms with Crippen LogP contribution in [0.1, 0.15) is 42.1 Å². The number of carbonyl (C=O) groups is 3. The van der Waals surface area contributed by atoms with Crippen LogP contribution in [0.5, 0.6) is 0 Å². The number of carbonyl (C=O) groups excluding carboxylic acids is 3. The molecule has 128 valence electrons. The molecule has 1 aliphatic rings. The first-order valence-electron chi connectivity index (χ1n) is 8.08. The molecule has 1 amide bonds. The van der Waals surface area contributed by atoms with E-state index in [0.717, 1.165) is 10.0 Å². The summed E-state index contributed by atoms with van der Waals surface area (Å²) in [6.45, 7) is 2.96. The normalized spacial score (nSPS) is 17.3. The van der Waals surface area contributed by atoms with Crippen LogP contribution in [0.4, 0.5) is 5.69 Å². The first kappa shape index (κ1) is 17.5. The van der Waals surface area contributed by atoms with E-state index >= 15 is 0 Å². The van der Waals surface area contributed by atoms with E-state index in [1.807, 2.05) is 30.3 Å². The van der Waals surface area contributed by atoms with E-state index in [9.17, 15) is 14.4 Å².